The number of carboxylic acids is 1. The number of aliphatic hydroxyl groups is 1. The molecule has 3 amide bonds. The van der Waals surface area contributed by atoms with Gasteiger partial charge in [0.05, 0.1) is 18.1 Å². The first kappa shape index (κ1) is 17.9. The monoisotopic (exact) mass is 359 g/mol. The summed E-state index contributed by atoms with van der Waals surface area (Å²) in [6, 6.07) is 6.59. The largest absolute Gasteiger partial charge is 0.477 e. The molecule has 2 heterocycles. The fraction of sp³-hybridized carbons (Fsp3) is 0.389. The van der Waals surface area contributed by atoms with Crippen LogP contribution in [0.1, 0.15) is 24.5 Å². The molecule has 1 aromatic carbocycles. The van der Waals surface area contributed by atoms with Gasteiger partial charge in [0.15, 0.2) is 0 Å². The van der Waals surface area contributed by atoms with Crippen molar-refractivity contribution in [2.45, 2.75) is 32.0 Å². The molecule has 0 bridgehead atoms. The van der Waals surface area contributed by atoms with Gasteiger partial charge in [0.25, 0.3) is 0 Å². The van der Waals surface area contributed by atoms with Gasteiger partial charge >= 0.3 is 12.0 Å². The topological polar surface area (TPSA) is 119 Å². The minimum atomic E-state index is -1.15. The Hall–Kier alpha value is -2.87. The Morgan fingerprint density at radius 2 is 1.96 bits per heavy atom. The molecule has 3 atom stereocenters. The normalized spacial score (nSPS) is 22.6. The van der Waals surface area contributed by atoms with Gasteiger partial charge in [0.2, 0.25) is 5.91 Å². The number of carbonyl (C=O) groups excluding carboxylic acids is 2. The fourth-order valence-corrected chi connectivity index (χ4v) is 3.62. The minimum Gasteiger partial charge on any atom is -0.477 e. The third-order valence-corrected chi connectivity index (χ3v) is 4.91. The van der Waals surface area contributed by atoms with Crippen LogP contribution in [0.3, 0.4) is 0 Å². The van der Waals surface area contributed by atoms with Crippen LogP contribution in [0.4, 0.5) is 4.79 Å². The summed E-state index contributed by atoms with van der Waals surface area (Å²) < 4.78 is 0. The second-order valence-electron chi connectivity index (χ2n) is 6.51. The first-order valence-corrected chi connectivity index (χ1v) is 8.37. The molecule has 1 aromatic rings. The van der Waals surface area contributed by atoms with Gasteiger partial charge < -0.3 is 25.7 Å². The fourth-order valence-electron chi connectivity index (χ4n) is 3.62. The summed E-state index contributed by atoms with van der Waals surface area (Å²) >= 11 is 0. The molecule has 0 aliphatic carbocycles. The van der Waals surface area contributed by atoms with Gasteiger partial charge in [-0.15, -0.1) is 0 Å². The van der Waals surface area contributed by atoms with E-state index >= 15 is 0 Å². The molecule has 0 aromatic heterocycles. The van der Waals surface area contributed by atoms with E-state index in [4.69, 9.17) is 0 Å². The van der Waals surface area contributed by atoms with E-state index in [1.807, 2.05) is 0 Å². The molecule has 0 radical (unpaired) electrons. The highest BCUT2D eigenvalue weighted by Gasteiger charge is 2.56. The summed E-state index contributed by atoms with van der Waals surface area (Å²) in [5.41, 5.74) is 2.17. The molecule has 0 unspecified atom stereocenters. The van der Waals surface area contributed by atoms with Crippen LogP contribution in [0, 0.1) is 5.92 Å². The zero-order chi connectivity index (χ0) is 19.0. The highest BCUT2D eigenvalue weighted by atomic mass is 16.4. The molecule has 8 heteroatoms. The predicted molar refractivity (Wildman–Crippen MR) is 92.7 cm³/mol. The molecule has 26 heavy (non-hydrogen) atoms. The van der Waals surface area contributed by atoms with Gasteiger partial charge in [-0.1, -0.05) is 24.3 Å². The Labute approximate surface area is 150 Å². The summed E-state index contributed by atoms with van der Waals surface area (Å²) in [6.45, 7) is 1.90. The Bertz CT molecular complexity index is 785. The number of aliphatic carboxylic acids is 1. The lowest BCUT2D eigenvalue weighted by Gasteiger charge is -2.44. The predicted octanol–water partition coefficient (Wildman–Crippen LogP) is 0.523. The first-order valence-electron chi connectivity index (χ1n) is 8.37. The number of benzene rings is 1. The molecule has 1 saturated heterocycles. The van der Waals surface area contributed by atoms with Crippen molar-refractivity contribution >= 4 is 23.5 Å². The van der Waals surface area contributed by atoms with Gasteiger partial charge in [-0.3, -0.25) is 4.79 Å². The molecular weight excluding hydrogens is 338 g/mol. The highest BCUT2D eigenvalue weighted by molar-refractivity contribution is 6.06. The molecular formula is C18H21N3O5. The number of nitrogens with one attached hydrogen (secondary N) is 2. The van der Waals surface area contributed by atoms with Crippen molar-refractivity contribution in [1.82, 2.24) is 15.5 Å². The summed E-state index contributed by atoms with van der Waals surface area (Å²) in [4.78, 5) is 36.4. The Morgan fingerprint density at radius 1 is 1.31 bits per heavy atom. The van der Waals surface area contributed by atoms with Crippen LogP contribution in [0.25, 0.3) is 5.57 Å². The minimum absolute atomic E-state index is 0.00636. The number of hydrogen-bond acceptors (Lipinski definition) is 4. The molecule has 2 aliphatic heterocycles. The molecule has 3 rings (SSSR count). The van der Waals surface area contributed by atoms with E-state index in [-0.39, 0.29) is 23.7 Å². The van der Waals surface area contributed by atoms with E-state index in [1.54, 1.807) is 31.2 Å². The molecule has 0 saturated carbocycles. The van der Waals surface area contributed by atoms with Gasteiger partial charge in [0, 0.05) is 13.6 Å². The maximum atomic E-state index is 12.2. The number of aliphatic hydroxyl groups excluding tert-OH is 1. The quantitative estimate of drug-likeness (QED) is 0.572. The number of carbonyl (C=O) groups is 3. The second kappa shape index (κ2) is 6.80. The number of carboxylic acid groups (broad SMARTS) is 1. The third-order valence-electron chi connectivity index (χ3n) is 4.91. The Morgan fingerprint density at radius 3 is 2.50 bits per heavy atom. The van der Waals surface area contributed by atoms with Gasteiger partial charge in [-0.05, 0) is 30.0 Å². The number of rotatable bonds is 5. The van der Waals surface area contributed by atoms with E-state index in [0.717, 1.165) is 11.1 Å². The van der Waals surface area contributed by atoms with Crippen molar-refractivity contribution in [3.63, 3.8) is 0 Å². The average molecular weight is 359 g/mol. The molecule has 8 nitrogen and oxygen atoms in total. The zero-order valence-corrected chi connectivity index (χ0v) is 14.5. The molecule has 138 valence electrons. The van der Waals surface area contributed by atoms with Crippen molar-refractivity contribution in [3.05, 3.63) is 41.1 Å². The molecule has 2 aliphatic rings. The van der Waals surface area contributed by atoms with Crippen molar-refractivity contribution in [1.29, 1.82) is 0 Å². The zero-order valence-electron chi connectivity index (χ0n) is 14.5. The van der Waals surface area contributed by atoms with E-state index in [9.17, 15) is 24.6 Å². The lowest BCUT2D eigenvalue weighted by molar-refractivity contribution is -0.161. The van der Waals surface area contributed by atoms with Crippen molar-refractivity contribution in [3.8, 4) is 0 Å². The van der Waals surface area contributed by atoms with Crippen molar-refractivity contribution < 1.29 is 24.6 Å². The molecule has 0 spiro atoms. The SMILES string of the molecule is CNC(=O)NCc1ccc(C2=C(C(=O)O)N3C(=O)[C@H]([C@@H](C)O)[C@H]3C2)cc1. The first-order chi connectivity index (χ1) is 12.3. The number of β-lactam (4-membered cyclic amide) rings is 1. The number of fused-ring (bicyclic) bond motifs is 1. The number of nitrogens with zero attached hydrogens (tertiary/aromatic N) is 1. The number of amides is 3. The van der Waals surface area contributed by atoms with Crippen molar-refractivity contribution in [2.24, 2.45) is 5.92 Å². The van der Waals surface area contributed by atoms with Gasteiger partial charge in [-0.2, -0.15) is 0 Å². The average Bonchev–Trinajstić information content (AvgIpc) is 2.95. The van der Waals surface area contributed by atoms with E-state index in [2.05, 4.69) is 10.6 Å². The van der Waals surface area contributed by atoms with Crippen LogP contribution in [0.5, 0.6) is 0 Å². The van der Waals surface area contributed by atoms with Crippen LogP contribution in [-0.2, 0) is 16.1 Å². The van der Waals surface area contributed by atoms with E-state index < -0.39 is 18.0 Å². The maximum absolute atomic E-state index is 12.2. The number of hydrogen-bond donors (Lipinski definition) is 4. The Kier molecular flexibility index (Phi) is 4.69. The van der Waals surface area contributed by atoms with E-state index in [0.29, 0.717) is 18.5 Å². The Balaban J connectivity index is 1.83. The molecule has 1 fully saturated rings. The highest BCUT2D eigenvalue weighted by Crippen LogP contribution is 2.46. The smallest absolute Gasteiger partial charge is 0.352 e. The van der Waals surface area contributed by atoms with Crippen molar-refractivity contribution in [2.75, 3.05) is 7.05 Å². The lowest BCUT2D eigenvalue weighted by atomic mass is 9.82. The summed E-state index contributed by atoms with van der Waals surface area (Å²) in [5.74, 6) is -2.05. The summed E-state index contributed by atoms with van der Waals surface area (Å²) in [6.07, 6.45) is -0.407. The summed E-state index contributed by atoms with van der Waals surface area (Å²) in [5, 5.41) is 24.5. The summed E-state index contributed by atoms with van der Waals surface area (Å²) in [7, 11) is 1.53. The van der Waals surface area contributed by atoms with Gasteiger partial charge in [-0.25, -0.2) is 9.59 Å². The van der Waals surface area contributed by atoms with E-state index in [1.165, 1.54) is 11.9 Å². The number of urea groups is 1. The maximum Gasteiger partial charge on any atom is 0.352 e. The lowest BCUT2D eigenvalue weighted by Crippen LogP contribution is -2.61. The molecule has 4 N–H and O–H groups in total. The van der Waals surface area contributed by atoms with Crippen LogP contribution in [0.2, 0.25) is 0 Å². The van der Waals surface area contributed by atoms with Gasteiger partial charge in [0.1, 0.15) is 5.70 Å². The van der Waals surface area contributed by atoms with Crippen LogP contribution >= 0.6 is 0 Å². The standard InChI is InChI=1S/C18H21N3O5/c1-9(22)14-13-7-12(15(17(24)25)21(13)16(14)23)11-5-3-10(4-6-11)8-20-18(26)19-2/h3-6,9,13-14,22H,7-8H2,1-2H3,(H,24,25)(H2,19,20,26)/t9-,13-,14-/m1/s1. The second-order valence-corrected chi connectivity index (χ2v) is 6.51. The third kappa shape index (κ3) is 2.92. The van der Waals surface area contributed by atoms with Crippen LogP contribution < -0.4 is 10.6 Å². The van der Waals surface area contributed by atoms with Crippen LogP contribution in [-0.4, -0.2) is 52.2 Å². The van der Waals surface area contributed by atoms with Crippen LogP contribution in [0.15, 0.2) is 30.0 Å².